The first-order chi connectivity index (χ1) is 9.17. The van der Waals surface area contributed by atoms with Gasteiger partial charge in [0.05, 0.1) is 19.8 Å². The van der Waals surface area contributed by atoms with Gasteiger partial charge in [-0.25, -0.2) is 4.79 Å². The Labute approximate surface area is 113 Å². The van der Waals surface area contributed by atoms with E-state index in [9.17, 15) is 9.90 Å². The van der Waals surface area contributed by atoms with Crippen LogP contribution in [0.3, 0.4) is 0 Å². The maximum absolute atomic E-state index is 11.8. The molecule has 0 radical (unpaired) electrons. The molecule has 0 amide bonds. The van der Waals surface area contributed by atoms with Crippen molar-refractivity contribution in [3.8, 4) is 11.5 Å². The summed E-state index contributed by atoms with van der Waals surface area (Å²) in [4.78, 5) is 11.8. The van der Waals surface area contributed by atoms with E-state index in [1.54, 1.807) is 12.1 Å². The Bertz CT molecular complexity index is 461. The van der Waals surface area contributed by atoms with Crippen molar-refractivity contribution in [2.75, 3.05) is 14.2 Å². The Morgan fingerprint density at radius 2 is 2.00 bits per heavy atom. The Kier molecular flexibility index (Phi) is 4.30. The van der Waals surface area contributed by atoms with E-state index in [1.165, 1.54) is 27.1 Å². The Morgan fingerprint density at radius 3 is 2.58 bits per heavy atom. The van der Waals surface area contributed by atoms with E-state index in [1.807, 2.05) is 0 Å². The molecule has 0 heterocycles. The van der Waals surface area contributed by atoms with Gasteiger partial charge in [0, 0.05) is 5.56 Å². The molecule has 2 rings (SSSR count). The topological polar surface area (TPSA) is 55.8 Å². The number of carbonyl (C=O) groups is 1. The predicted octanol–water partition coefficient (Wildman–Crippen LogP) is 2.92. The predicted molar refractivity (Wildman–Crippen MR) is 71.7 cm³/mol. The van der Waals surface area contributed by atoms with Crippen LogP contribution in [0.1, 0.15) is 41.6 Å². The third kappa shape index (κ3) is 2.83. The lowest BCUT2D eigenvalue weighted by Crippen LogP contribution is -2.09. The molecule has 4 nitrogen and oxygen atoms in total. The minimum absolute atomic E-state index is 0.0669. The molecule has 1 aliphatic carbocycles. The highest BCUT2D eigenvalue weighted by molar-refractivity contribution is 5.92. The van der Waals surface area contributed by atoms with Gasteiger partial charge in [-0.1, -0.05) is 25.7 Å². The Hall–Kier alpha value is -1.71. The highest BCUT2D eigenvalue weighted by Gasteiger charge is 2.23. The van der Waals surface area contributed by atoms with Crippen LogP contribution < -0.4 is 4.74 Å². The van der Waals surface area contributed by atoms with Gasteiger partial charge in [-0.3, -0.25) is 0 Å². The third-order valence-corrected chi connectivity index (χ3v) is 3.84. The molecule has 1 aromatic rings. The van der Waals surface area contributed by atoms with Gasteiger partial charge in [-0.2, -0.15) is 0 Å². The molecule has 0 bridgehead atoms. The highest BCUT2D eigenvalue weighted by atomic mass is 16.5. The minimum atomic E-state index is -0.411. The minimum Gasteiger partial charge on any atom is -0.504 e. The standard InChI is InChI=1S/C15H20O4/c1-18-13-8-7-11(15(17)19-2)12(14(13)16)9-10-5-3-4-6-10/h7-8,10,16H,3-6,9H2,1-2H3. The maximum Gasteiger partial charge on any atom is 0.338 e. The van der Waals surface area contributed by atoms with Gasteiger partial charge in [0.1, 0.15) is 0 Å². The number of phenols is 1. The average molecular weight is 264 g/mol. The van der Waals surface area contributed by atoms with Crippen molar-refractivity contribution >= 4 is 5.97 Å². The summed E-state index contributed by atoms with van der Waals surface area (Å²) in [5, 5.41) is 10.2. The molecule has 104 valence electrons. The Morgan fingerprint density at radius 1 is 1.32 bits per heavy atom. The normalized spacial score (nSPS) is 15.5. The number of hydrogen-bond donors (Lipinski definition) is 1. The molecule has 0 aliphatic heterocycles. The van der Waals surface area contributed by atoms with Crippen molar-refractivity contribution in [1.29, 1.82) is 0 Å². The number of aromatic hydroxyl groups is 1. The van der Waals surface area contributed by atoms with E-state index >= 15 is 0 Å². The summed E-state index contributed by atoms with van der Waals surface area (Å²) < 4.78 is 9.90. The second-order valence-electron chi connectivity index (χ2n) is 4.99. The van der Waals surface area contributed by atoms with Gasteiger partial charge >= 0.3 is 5.97 Å². The first-order valence-corrected chi connectivity index (χ1v) is 6.64. The summed E-state index contributed by atoms with van der Waals surface area (Å²) in [5.41, 5.74) is 1.09. The monoisotopic (exact) mass is 264 g/mol. The smallest absolute Gasteiger partial charge is 0.338 e. The maximum atomic E-state index is 11.8. The molecule has 1 fully saturated rings. The van der Waals surface area contributed by atoms with Crippen molar-refractivity contribution in [2.24, 2.45) is 5.92 Å². The van der Waals surface area contributed by atoms with E-state index in [4.69, 9.17) is 9.47 Å². The van der Waals surface area contributed by atoms with E-state index in [0.29, 0.717) is 29.2 Å². The van der Waals surface area contributed by atoms with E-state index in [0.717, 1.165) is 12.8 Å². The highest BCUT2D eigenvalue weighted by Crippen LogP contribution is 2.37. The number of phenolic OH excluding ortho intramolecular Hbond substituents is 1. The largest absolute Gasteiger partial charge is 0.504 e. The van der Waals surface area contributed by atoms with Crippen molar-refractivity contribution in [3.63, 3.8) is 0 Å². The van der Waals surface area contributed by atoms with Crippen LogP contribution in [-0.4, -0.2) is 25.3 Å². The van der Waals surface area contributed by atoms with Crippen LogP contribution in [-0.2, 0) is 11.2 Å². The molecule has 0 saturated heterocycles. The molecular weight excluding hydrogens is 244 g/mol. The van der Waals surface area contributed by atoms with E-state index in [2.05, 4.69) is 0 Å². The number of ether oxygens (including phenoxy) is 2. The summed E-state index contributed by atoms with van der Waals surface area (Å²) in [6, 6.07) is 3.26. The molecule has 4 heteroatoms. The van der Waals surface area contributed by atoms with Crippen LogP contribution in [0.4, 0.5) is 0 Å². The first kappa shape index (κ1) is 13.7. The number of rotatable bonds is 4. The van der Waals surface area contributed by atoms with Gasteiger partial charge in [0.2, 0.25) is 0 Å². The molecule has 1 aromatic carbocycles. The molecule has 0 spiro atoms. The van der Waals surface area contributed by atoms with Gasteiger partial charge < -0.3 is 14.6 Å². The fraction of sp³-hybridized carbons (Fsp3) is 0.533. The van der Waals surface area contributed by atoms with Crippen LogP contribution in [0.15, 0.2) is 12.1 Å². The lowest BCUT2D eigenvalue weighted by atomic mass is 9.93. The summed E-state index contributed by atoms with van der Waals surface area (Å²) in [7, 11) is 2.86. The van der Waals surface area contributed by atoms with Crippen molar-refractivity contribution in [2.45, 2.75) is 32.1 Å². The molecule has 0 aromatic heterocycles. The lowest BCUT2D eigenvalue weighted by molar-refractivity contribution is 0.0598. The molecular formula is C15H20O4. The van der Waals surface area contributed by atoms with Crippen LogP contribution in [0.25, 0.3) is 0 Å². The molecule has 1 aliphatic rings. The summed E-state index contributed by atoms with van der Waals surface area (Å²) >= 11 is 0. The zero-order valence-corrected chi connectivity index (χ0v) is 11.4. The molecule has 1 N–H and O–H groups in total. The van der Waals surface area contributed by atoms with Gasteiger partial charge in [0.25, 0.3) is 0 Å². The quantitative estimate of drug-likeness (QED) is 0.849. The van der Waals surface area contributed by atoms with Gasteiger partial charge in [-0.15, -0.1) is 0 Å². The zero-order chi connectivity index (χ0) is 13.8. The molecule has 0 unspecified atom stereocenters. The molecule has 19 heavy (non-hydrogen) atoms. The van der Waals surface area contributed by atoms with Crippen LogP contribution in [0.5, 0.6) is 11.5 Å². The summed E-state index contributed by atoms with van der Waals surface area (Å²) in [6.07, 6.45) is 5.45. The van der Waals surface area contributed by atoms with Gasteiger partial charge in [0.15, 0.2) is 11.5 Å². The Balaban J connectivity index is 2.37. The second kappa shape index (κ2) is 5.95. The number of esters is 1. The SMILES string of the molecule is COC(=O)c1ccc(OC)c(O)c1CC1CCCC1. The van der Waals surface area contributed by atoms with E-state index < -0.39 is 5.97 Å². The summed E-state index contributed by atoms with van der Waals surface area (Å²) in [6.45, 7) is 0. The van der Waals surface area contributed by atoms with Crippen molar-refractivity contribution < 1.29 is 19.4 Å². The third-order valence-electron chi connectivity index (χ3n) is 3.84. The van der Waals surface area contributed by atoms with Crippen LogP contribution in [0, 0.1) is 5.92 Å². The van der Waals surface area contributed by atoms with Crippen LogP contribution >= 0.6 is 0 Å². The molecule has 0 atom stereocenters. The first-order valence-electron chi connectivity index (χ1n) is 6.64. The lowest BCUT2D eigenvalue weighted by Gasteiger charge is -2.16. The van der Waals surface area contributed by atoms with Crippen LogP contribution in [0.2, 0.25) is 0 Å². The van der Waals surface area contributed by atoms with Crippen molar-refractivity contribution in [3.05, 3.63) is 23.3 Å². The number of hydrogen-bond acceptors (Lipinski definition) is 4. The van der Waals surface area contributed by atoms with E-state index in [-0.39, 0.29) is 5.75 Å². The number of methoxy groups -OCH3 is 2. The fourth-order valence-electron chi connectivity index (χ4n) is 2.79. The zero-order valence-electron chi connectivity index (χ0n) is 11.4. The van der Waals surface area contributed by atoms with Gasteiger partial charge in [-0.05, 0) is 24.5 Å². The number of carbonyl (C=O) groups excluding carboxylic acids is 1. The molecule has 1 saturated carbocycles. The average Bonchev–Trinajstić information content (AvgIpc) is 2.93. The second-order valence-corrected chi connectivity index (χ2v) is 4.99. The van der Waals surface area contributed by atoms with Crippen molar-refractivity contribution in [1.82, 2.24) is 0 Å². The number of benzene rings is 1. The fourth-order valence-corrected chi connectivity index (χ4v) is 2.79. The summed E-state index contributed by atoms with van der Waals surface area (Å²) in [5.74, 6) is 0.588.